The Bertz CT molecular complexity index is 503. The first kappa shape index (κ1) is 15.8. The van der Waals surface area contributed by atoms with Crippen molar-refractivity contribution >= 4 is 17.5 Å². The van der Waals surface area contributed by atoms with Crippen molar-refractivity contribution in [2.24, 2.45) is 0 Å². The van der Waals surface area contributed by atoms with Gasteiger partial charge in [0.05, 0.1) is 0 Å². The minimum Gasteiger partial charge on any atom is -0.406 e. The van der Waals surface area contributed by atoms with Crippen LogP contribution in [0.15, 0.2) is 24.3 Å². The Labute approximate surface area is 113 Å². The Morgan fingerprint density at radius 1 is 1.30 bits per heavy atom. The number of amides is 2. The van der Waals surface area contributed by atoms with Gasteiger partial charge in [0, 0.05) is 18.7 Å². The van der Waals surface area contributed by atoms with E-state index in [1.807, 2.05) is 0 Å². The van der Waals surface area contributed by atoms with E-state index in [2.05, 4.69) is 15.4 Å². The van der Waals surface area contributed by atoms with Gasteiger partial charge in [0.25, 0.3) is 0 Å². The van der Waals surface area contributed by atoms with Gasteiger partial charge in [0.1, 0.15) is 11.8 Å². The van der Waals surface area contributed by atoms with Crippen LogP contribution in [0.4, 0.5) is 18.9 Å². The average molecular weight is 290 g/mol. The first-order valence-electron chi connectivity index (χ1n) is 5.61. The fourth-order valence-electron chi connectivity index (χ4n) is 1.39. The molecule has 1 rings (SSSR count). The van der Waals surface area contributed by atoms with Gasteiger partial charge in [0.2, 0.25) is 11.8 Å². The summed E-state index contributed by atoms with van der Waals surface area (Å²) >= 11 is 0. The molecule has 1 aromatic rings. The van der Waals surface area contributed by atoms with E-state index >= 15 is 0 Å². The van der Waals surface area contributed by atoms with Crippen LogP contribution in [0.2, 0.25) is 0 Å². The number of carbonyl (C=O) groups excluding carboxylic acids is 2. The predicted molar refractivity (Wildman–Crippen MR) is 65.0 cm³/mol. The van der Waals surface area contributed by atoms with Crippen molar-refractivity contribution in [1.29, 1.82) is 0 Å². The summed E-state index contributed by atoms with van der Waals surface area (Å²) < 4.78 is 39.9. The van der Waals surface area contributed by atoms with E-state index in [1.165, 1.54) is 26.0 Å². The summed E-state index contributed by atoms with van der Waals surface area (Å²) in [5.41, 5.74) is 0.133. The van der Waals surface area contributed by atoms with Gasteiger partial charge in [-0.1, -0.05) is 6.07 Å². The Morgan fingerprint density at radius 3 is 2.50 bits per heavy atom. The number of anilines is 1. The van der Waals surface area contributed by atoms with E-state index in [1.54, 1.807) is 0 Å². The number of nitrogens with one attached hydrogen (secondary N) is 2. The van der Waals surface area contributed by atoms with Crippen LogP contribution in [0.25, 0.3) is 0 Å². The summed E-state index contributed by atoms with van der Waals surface area (Å²) in [5.74, 6) is -1.38. The molecule has 1 aromatic carbocycles. The van der Waals surface area contributed by atoms with Gasteiger partial charge in [-0.25, -0.2) is 0 Å². The topological polar surface area (TPSA) is 67.4 Å². The van der Waals surface area contributed by atoms with Crippen molar-refractivity contribution in [1.82, 2.24) is 5.32 Å². The molecular weight excluding hydrogens is 277 g/mol. The van der Waals surface area contributed by atoms with Crippen LogP contribution in [-0.4, -0.2) is 24.2 Å². The van der Waals surface area contributed by atoms with E-state index in [0.717, 1.165) is 12.1 Å². The first-order chi connectivity index (χ1) is 9.17. The summed E-state index contributed by atoms with van der Waals surface area (Å²) in [7, 11) is 0. The number of carbonyl (C=O) groups is 2. The lowest BCUT2D eigenvalue weighted by Gasteiger charge is -2.14. The molecule has 0 spiro atoms. The van der Waals surface area contributed by atoms with E-state index in [-0.39, 0.29) is 11.6 Å². The van der Waals surface area contributed by atoms with E-state index in [4.69, 9.17) is 0 Å². The standard InChI is InChI=1S/C12H13F3N2O3/c1-7(16-8(2)18)11(19)17-9-4-3-5-10(6-9)20-12(13,14)15/h3-7H,1-2H3,(H,16,18)(H,17,19)/t7-/m0/s1. The average Bonchev–Trinajstić information content (AvgIpc) is 2.25. The Morgan fingerprint density at radius 2 is 1.95 bits per heavy atom. The smallest absolute Gasteiger partial charge is 0.406 e. The third-order valence-corrected chi connectivity index (χ3v) is 2.15. The lowest BCUT2D eigenvalue weighted by atomic mass is 10.2. The molecule has 0 aliphatic heterocycles. The Hall–Kier alpha value is -2.25. The highest BCUT2D eigenvalue weighted by Gasteiger charge is 2.31. The molecule has 0 aliphatic rings. The molecule has 0 fully saturated rings. The maximum Gasteiger partial charge on any atom is 0.573 e. The van der Waals surface area contributed by atoms with Crippen molar-refractivity contribution in [2.75, 3.05) is 5.32 Å². The molecule has 2 amide bonds. The lowest BCUT2D eigenvalue weighted by Crippen LogP contribution is -2.40. The monoisotopic (exact) mass is 290 g/mol. The molecule has 0 saturated carbocycles. The zero-order chi connectivity index (χ0) is 15.3. The van der Waals surface area contributed by atoms with Gasteiger partial charge in [-0.15, -0.1) is 13.2 Å². The second kappa shape index (κ2) is 6.27. The fourth-order valence-corrected chi connectivity index (χ4v) is 1.39. The highest BCUT2D eigenvalue weighted by molar-refractivity contribution is 5.96. The van der Waals surface area contributed by atoms with Gasteiger partial charge >= 0.3 is 6.36 Å². The molecule has 1 atom stereocenters. The highest BCUT2D eigenvalue weighted by atomic mass is 19.4. The predicted octanol–water partition coefficient (Wildman–Crippen LogP) is 2.05. The van der Waals surface area contributed by atoms with Crippen LogP contribution in [0.5, 0.6) is 5.75 Å². The Balaban J connectivity index is 2.71. The van der Waals surface area contributed by atoms with Crippen LogP contribution in [0.3, 0.4) is 0 Å². The molecule has 0 heterocycles. The van der Waals surface area contributed by atoms with Crippen molar-refractivity contribution < 1.29 is 27.5 Å². The van der Waals surface area contributed by atoms with Crippen LogP contribution < -0.4 is 15.4 Å². The summed E-state index contributed by atoms with van der Waals surface area (Å²) in [4.78, 5) is 22.4. The summed E-state index contributed by atoms with van der Waals surface area (Å²) in [6.07, 6.45) is -4.80. The molecule has 0 aliphatic carbocycles. The zero-order valence-corrected chi connectivity index (χ0v) is 10.7. The van der Waals surface area contributed by atoms with Crippen LogP contribution in [0, 0.1) is 0 Å². The second-order valence-corrected chi connectivity index (χ2v) is 3.99. The van der Waals surface area contributed by atoms with Gasteiger partial charge in [-0.05, 0) is 19.1 Å². The molecular formula is C12H13F3N2O3. The molecule has 0 radical (unpaired) electrons. The normalized spacial score (nSPS) is 12.4. The van der Waals surface area contributed by atoms with Gasteiger partial charge < -0.3 is 15.4 Å². The van der Waals surface area contributed by atoms with Crippen molar-refractivity contribution in [3.63, 3.8) is 0 Å². The quantitative estimate of drug-likeness (QED) is 0.891. The molecule has 110 valence electrons. The maximum absolute atomic E-state index is 12.1. The van der Waals surface area contributed by atoms with Gasteiger partial charge in [-0.2, -0.15) is 0 Å². The van der Waals surface area contributed by atoms with Crippen molar-refractivity contribution in [3.05, 3.63) is 24.3 Å². The third kappa shape index (κ3) is 5.59. The molecule has 20 heavy (non-hydrogen) atoms. The van der Waals surface area contributed by atoms with Crippen molar-refractivity contribution in [3.8, 4) is 5.75 Å². The summed E-state index contributed by atoms with van der Waals surface area (Å²) in [6, 6.07) is 4.05. The van der Waals surface area contributed by atoms with Gasteiger partial charge in [-0.3, -0.25) is 9.59 Å². The number of ether oxygens (including phenoxy) is 1. The first-order valence-corrected chi connectivity index (χ1v) is 5.61. The number of benzene rings is 1. The zero-order valence-electron chi connectivity index (χ0n) is 10.7. The molecule has 0 saturated heterocycles. The maximum atomic E-state index is 12.1. The summed E-state index contributed by atoms with van der Waals surface area (Å²) in [5, 5.41) is 4.73. The largest absolute Gasteiger partial charge is 0.573 e. The summed E-state index contributed by atoms with van der Waals surface area (Å²) in [6.45, 7) is 2.70. The number of halogens is 3. The van der Waals surface area contributed by atoms with Crippen LogP contribution in [0.1, 0.15) is 13.8 Å². The molecule has 0 unspecified atom stereocenters. The Kier molecular flexibility index (Phi) is 4.95. The van der Waals surface area contributed by atoms with Crippen LogP contribution in [-0.2, 0) is 9.59 Å². The van der Waals surface area contributed by atoms with E-state index in [9.17, 15) is 22.8 Å². The number of rotatable bonds is 4. The molecule has 0 bridgehead atoms. The number of hydrogen-bond donors (Lipinski definition) is 2. The fraction of sp³-hybridized carbons (Fsp3) is 0.333. The van der Waals surface area contributed by atoms with Gasteiger partial charge in [0.15, 0.2) is 0 Å². The minimum absolute atomic E-state index is 0.133. The second-order valence-electron chi connectivity index (χ2n) is 3.99. The van der Waals surface area contributed by atoms with E-state index in [0.29, 0.717) is 0 Å². The minimum atomic E-state index is -4.80. The molecule has 0 aromatic heterocycles. The third-order valence-electron chi connectivity index (χ3n) is 2.15. The molecule has 8 heteroatoms. The van der Waals surface area contributed by atoms with Crippen LogP contribution >= 0.6 is 0 Å². The van der Waals surface area contributed by atoms with Crippen molar-refractivity contribution in [2.45, 2.75) is 26.3 Å². The van der Waals surface area contributed by atoms with E-state index < -0.39 is 24.1 Å². The number of alkyl halides is 3. The lowest BCUT2D eigenvalue weighted by molar-refractivity contribution is -0.274. The molecule has 2 N–H and O–H groups in total. The molecule has 5 nitrogen and oxygen atoms in total. The number of hydrogen-bond acceptors (Lipinski definition) is 3. The highest BCUT2D eigenvalue weighted by Crippen LogP contribution is 2.25. The SMILES string of the molecule is CC(=O)N[C@@H](C)C(=O)Nc1cccc(OC(F)(F)F)c1.